The molecule has 0 fully saturated rings. The maximum Gasteiger partial charge on any atom is 0.264 e. The van der Waals surface area contributed by atoms with Gasteiger partial charge in [0.05, 0.1) is 25.3 Å². The molecule has 0 aliphatic rings. The van der Waals surface area contributed by atoms with Crippen LogP contribution in [0.3, 0.4) is 0 Å². The number of rotatable bonds is 9. The number of primary amides is 1. The highest BCUT2D eigenvalue weighted by molar-refractivity contribution is 5.87. The Hall–Kier alpha value is -3.82. The zero-order valence-corrected chi connectivity index (χ0v) is 17.5. The standard InChI is InChI=1S/C21H24N4O6/c1-4-5-7-11-16(17-12(29-2)8-6-9-13(17)30-3)19(27)18(20(28)23-11)21-25-24-15(31-21)10-14(22)26/h6,8-9H,4-5,7,10H2,1-3H3,(H2,22,26)(H2,23,27,28). The van der Waals surface area contributed by atoms with Crippen LogP contribution in [0.15, 0.2) is 27.4 Å². The van der Waals surface area contributed by atoms with Crippen molar-refractivity contribution in [2.24, 2.45) is 5.73 Å². The molecule has 3 rings (SSSR count). The lowest BCUT2D eigenvalue weighted by Crippen LogP contribution is -2.14. The van der Waals surface area contributed by atoms with E-state index >= 15 is 0 Å². The molecular weight excluding hydrogens is 404 g/mol. The number of aromatic amines is 1. The Balaban J connectivity index is 2.30. The van der Waals surface area contributed by atoms with E-state index in [2.05, 4.69) is 15.2 Å². The first-order chi connectivity index (χ1) is 14.9. The van der Waals surface area contributed by atoms with Crippen LogP contribution in [-0.2, 0) is 17.6 Å². The number of carbonyl (C=O) groups excluding carboxylic acids is 1. The fourth-order valence-corrected chi connectivity index (χ4v) is 3.32. The number of benzene rings is 1. The number of hydrogen-bond donors (Lipinski definition) is 3. The van der Waals surface area contributed by atoms with Crippen molar-refractivity contribution in [2.75, 3.05) is 14.2 Å². The Labute approximate surface area is 178 Å². The first-order valence-electron chi connectivity index (χ1n) is 9.71. The summed E-state index contributed by atoms with van der Waals surface area (Å²) in [5.41, 5.74) is 5.67. The number of nitrogens with two attached hydrogens (primary N) is 1. The third-order valence-corrected chi connectivity index (χ3v) is 4.73. The van der Waals surface area contributed by atoms with Gasteiger partial charge in [-0.1, -0.05) is 19.4 Å². The summed E-state index contributed by atoms with van der Waals surface area (Å²) in [6, 6.07) is 5.21. The molecule has 0 aliphatic carbocycles. The van der Waals surface area contributed by atoms with Crippen LogP contribution in [0.2, 0.25) is 0 Å². The molecule has 0 saturated carbocycles. The molecule has 0 spiro atoms. The van der Waals surface area contributed by atoms with Crippen LogP contribution < -0.4 is 20.8 Å². The molecule has 0 atom stereocenters. The van der Waals surface area contributed by atoms with Gasteiger partial charge in [-0.2, -0.15) is 0 Å². The van der Waals surface area contributed by atoms with Gasteiger partial charge < -0.3 is 29.7 Å². The summed E-state index contributed by atoms with van der Waals surface area (Å²) in [6.07, 6.45) is 1.88. The van der Waals surface area contributed by atoms with Gasteiger partial charge in [0.2, 0.25) is 11.8 Å². The molecule has 1 amide bonds. The molecular formula is C21H24N4O6. The zero-order chi connectivity index (χ0) is 22.5. The lowest BCUT2D eigenvalue weighted by molar-refractivity contribution is -0.117. The van der Waals surface area contributed by atoms with Crippen LogP contribution in [0.1, 0.15) is 31.4 Å². The van der Waals surface area contributed by atoms with Crippen molar-refractivity contribution >= 4 is 5.91 Å². The smallest absolute Gasteiger partial charge is 0.264 e. The number of nitrogens with one attached hydrogen (secondary N) is 1. The molecule has 4 N–H and O–H groups in total. The minimum atomic E-state index is -0.664. The molecule has 0 unspecified atom stereocenters. The topological polar surface area (TPSA) is 154 Å². The molecule has 0 aliphatic heterocycles. The predicted molar refractivity (Wildman–Crippen MR) is 112 cm³/mol. The minimum absolute atomic E-state index is 0.0622. The summed E-state index contributed by atoms with van der Waals surface area (Å²) in [5.74, 6) is -0.412. The number of pyridine rings is 1. The van der Waals surface area contributed by atoms with E-state index in [4.69, 9.17) is 19.6 Å². The van der Waals surface area contributed by atoms with Crippen LogP contribution in [0.5, 0.6) is 17.2 Å². The maximum atomic E-state index is 12.9. The van der Waals surface area contributed by atoms with Crippen molar-refractivity contribution in [2.45, 2.75) is 32.6 Å². The van der Waals surface area contributed by atoms with E-state index in [1.54, 1.807) is 18.2 Å². The van der Waals surface area contributed by atoms with E-state index in [1.165, 1.54) is 14.2 Å². The Morgan fingerprint density at radius 3 is 2.42 bits per heavy atom. The number of carbonyl (C=O) groups is 1. The van der Waals surface area contributed by atoms with Crippen LogP contribution in [0.25, 0.3) is 22.6 Å². The Bertz CT molecular complexity index is 1130. The van der Waals surface area contributed by atoms with E-state index < -0.39 is 11.5 Å². The lowest BCUT2D eigenvalue weighted by atomic mass is 9.96. The van der Waals surface area contributed by atoms with Crippen LogP contribution in [0, 0.1) is 0 Å². The fourth-order valence-electron chi connectivity index (χ4n) is 3.32. The summed E-state index contributed by atoms with van der Waals surface area (Å²) < 4.78 is 16.4. The third kappa shape index (κ3) is 4.37. The number of aromatic hydroxyl groups is 1. The fraction of sp³-hybridized carbons (Fsp3) is 0.333. The van der Waals surface area contributed by atoms with E-state index in [-0.39, 0.29) is 29.5 Å². The molecule has 2 heterocycles. The van der Waals surface area contributed by atoms with Crippen molar-refractivity contribution in [1.29, 1.82) is 0 Å². The van der Waals surface area contributed by atoms with Gasteiger partial charge in [0.1, 0.15) is 29.2 Å². The lowest BCUT2D eigenvalue weighted by Gasteiger charge is -2.18. The van der Waals surface area contributed by atoms with E-state index in [0.29, 0.717) is 34.7 Å². The number of H-pyrrole nitrogens is 1. The molecule has 1 aromatic carbocycles. The molecule has 31 heavy (non-hydrogen) atoms. The van der Waals surface area contributed by atoms with E-state index in [1.807, 2.05) is 6.92 Å². The van der Waals surface area contributed by atoms with Gasteiger partial charge in [-0.05, 0) is 25.0 Å². The monoisotopic (exact) mass is 428 g/mol. The second-order valence-corrected chi connectivity index (χ2v) is 6.82. The Morgan fingerprint density at radius 2 is 1.84 bits per heavy atom. The highest BCUT2D eigenvalue weighted by atomic mass is 16.5. The normalized spacial score (nSPS) is 10.8. The molecule has 10 nitrogen and oxygen atoms in total. The minimum Gasteiger partial charge on any atom is -0.506 e. The molecule has 2 aromatic heterocycles. The first-order valence-corrected chi connectivity index (χ1v) is 9.71. The Morgan fingerprint density at radius 1 is 1.16 bits per heavy atom. The summed E-state index contributed by atoms with van der Waals surface area (Å²) in [5, 5.41) is 18.8. The van der Waals surface area contributed by atoms with Gasteiger partial charge in [-0.15, -0.1) is 10.2 Å². The van der Waals surface area contributed by atoms with E-state index in [0.717, 1.165) is 12.8 Å². The largest absolute Gasteiger partial charge is 0.506 e. The molecule has 3 aromatic rings. The van der Waals surface area contributed by atoms with Gasteiger partial charge in [0.25, 0.3) is 11.4 Å². The average molecular weight is 428 g/mol. The van der Waals surface area contributed by atoms with Gasteiger partial charge in [-0.3, -0.25) is 9.59 Å². The summed E-state index contributed by atoms with van der Waals surface area (Å²) in [4.78, 5) is 26.8. The zero-order valence-electron chi connectivity index (χ0n) is 17.5. The second-order valence-electron chi connectivity index (χ2n) is 6.82. The van der Waals surface area contributed by atoms with Crippen molar-refractivity contribution in [3.8, 4) is 39.8 Å². The first kappa shape index (κ1) is 21.9. The van der Waals surface area contributed by atoms with Gasteiger partial charge in [-0.25, -0.2) is 0 Å². The number of unbranched alkanes of at least 4 members (excludes halogenated alkanes) is 1. The number of nitrogens with zero attached hydrogens (tertiary/aromatic N) is 2. The number of aromatic nitrogens is 3. The highest BCUT2D eigenvalue weighted by Gasteiger charge is 2.27. The molecule has 0 saturated heterocycles. The second kappa shape index (κ2) is 9.33. The number of methoxy groups -OCH3 is 2. The highest BCUT2D eigenvalue weighted by Crippen LogP contribution is 2.46. The number of hydrogen-bond acceptors (Lipinski definition) is 8. The van der Waals surface area contributed by atoms with Crippen molar-refractivity contribution in [3.63, 3.8) is 0 Å². The SMILES string of the molecule is CCCCc1[nH]c(=O)c(-c2nnc(CC(N)=O)o2)c(O)c1-c1c(OC)cccc1OC. The van der Waals surface area contributed by atoms with Gasteiger partial charge in [0.15, 0.2) is 0 Å². The van der Waals surface area contributed by atoms with Crippen molar-refractivity contribution < 1.29 is 23.8 Å². The van der Waals surface area contributed by atoms with Crippen molar-refractivity contribution in [1.82, 2.24) is 15.2 Å². The molecule has 164 valence electrons. The van der Waals surface area contributed by atoms with Crippen molar-refractivity contribution in [3.05, 3.63) is 40.1 Å². The van der Waals surface area contributed by atoms with Gasteiger partial charge >= 0.3 is 0 Å². The van der Waals surface area contributed by atoms with Crippen LogP contribution in [0.4, 0.5) is 0 Å². The maximum absolute atomic E-state index is 12.9. The molecule has 0 bridgehead atoms. The van der Waals surface area contributed by atoms with Gasteiger partial charge in [0, 0.05) is 5.69 Å². The van der Waals surface area contributed by atoms with Crippen LogP contribution >= 0.6 is 0 Å². The quantitative estimate of drug-likeness (QED) is 0.469. The van der Waals surface area contributed by atoms with E-state index in [9.17, 15) is 14.7 Å². The predicted octanol–water partition coefficient (Wildman–Crippen LogP) is 2.19. The summed E-state index contributed by atoms with van der Waals surface area (Å²) >= 11 is 0. The number of amides is 1. The number of ether oxygens (including phenoxy) is 2. The number of aryl methyl sites for hydroxylation is 1. The molecule has 0 radical (unpaired) electrons. The Kier molecular flexibility index (Phi) is 6.58. The average Bonchev–Trinajstić information content (AvgIpc) is 3.18. The third-order valence-electron chi connectivity index (χ3n) is 4.73. The summed E-state index contributed by atoms with van der Waals surface area (Å²) in [6.45, 7) is 2.02. The summed E-state index contributed by atoms with van der Waals surface area (Å²) in [7, 11) is 3.00. The molecule has 10 heteroatoms. The van der Waals surface area contributed by atoms with Crippen LogP contribution in [-0.4, -0.2) is 40.4 Å².